The first kappa shape index (κ1) is 31.2. The van der Waals surface area contributed by atoms with Gasteiger partial charge in [-0.1, -0.05) is 71.9 Å². The third-order valence-electron chi connectivity index (χ3n) is 8.73. The van der Waals surface area contributed by atoms with Crippen LogP contribution in [-0.2, 0) is 10.2 Å². The standard InChI is InChI=1S/C32H45NO5/c1-11-32(12-2,24-14-16-26(21(4)18-24)29(37)33(10)19-27(34)35)23-13-15-25(20(3)17-23)28(36)22(5)31(9,38)30(6,7)8/h13-18,22,38H,11-12,19H2,1-10H3,(H,34,35). The molecule has 0 fully saturated rings. The summed E-state index contributed by atoms with van der Waals surface area (Å²) in [5, 5.41) is 20.2. The number of hydrogen-bond acceptors (Lipinski definition) is 4. The molecule has 6 nitrogen and oxygen atoms in total. The number of hydrogen-bond donors (Lipinski definition) is 2. The largest absolute Gasteiger partial charge is 0.480 e. The van der Waals surface area contributed by atoms with Crippen LogP contribution in [0.1, 0.15) is 104 Å². The highest BCUT2D eigenvalue weighted by Gasteiger charge is 2.44. The summed E-state index contributed by atoms with van der Waals surface area (Å²) in [6, 6.07) is 11.7. The lowest BCUT2D eigenvalue weighted by Crippen LogP contribution is -2.48. The Hall–Kier alpha value is -2.99. The number of nitrogens with zero attached hydrogens (tertiary/aromatic N) is 1. The molecule has 2 aromatic rings. The smallest absolute Gasteiger partial charge is 0.323 e. The van der Waals surface area contributed by atoms with Crippen LogP contribution < -0.4 is 0 Å². The molecule has 0 aromatic heterocycles. The second-order valence-corrected chi connectivity index (χ2v) is 11.9. The normalized spacial score (nSPS) is 14.5. The van der Waals surface area contributed by atoms with Gasteiger partial charge in [-0.25, -0.2) is 0 Å². The van der Waals surface area contributed by atoms with E-state index in [1.165, 1.54) is 11.9 Å². The van der Waals surface area contributed by atoms with Crippen LogP contribution in [0.4, 0.5) is 0 Å². The van der Waals surface area contributed by atoms with E-state index in [2.05, 4.69) is 19.9 Å². The average Bonchev–Trinajstić information content (AvgIpc) is 2.83. The van der Waals surface area contributed by atoms with Gasteiger partial charge in [0, 0.05) is 29.5 Å². The molecule has 2 rings (SSSR count). The van der Waals surface area contributed by atoms with E-state index in [0.29, 0.717) is 11.1 Å². The Kier molecular flexibility index (Phi) is 9.37. The Labute approximate surface area is 228 Å². The summed E-state index contributed by atoms with van der Waals surface area (Å²) >= 11 is 0. The highest BCUT2D eigenvalue weighted by Crippen LogP contribution is 2.41. The van der Waals surface area contributed by atoms with Crippen molar-refractivity contribution in [2.45, 2.75) is 86.2 Å². The molecule has 2 atom stereocenters. The van der Waals surface area contributed by atoms with Crippen molar-refractivity contribution in [1.82, 2.24) is 4.90 Å². The Morgan fingerprint density at radius 1 is 0.868 bits per heavy atom. The van der Waals surface area contributed by atoms with Gasteiger partial charge in [0.2, 0.25) is 0 Å². The highest BCUT2D eigenvalue weighted by atomic mass is 16.4. The monoisotopic (exact) mass is 523 g/mol. The lowest BCUT2D eigenvalue weighted by Gasteiger charge is -2.41. The van der Waals surface area contributed by atoms with Gasteiger partial charge in [0.25, 0.3) is 5.91 Å². The van der Waals surface area contributed by atoms with Crippen LogP contribution in [0.5, 0.6) is 0 Å². The molecule has 0 saturated carbocycles. The van der Waals surface area contributed by atoms with Gasteiger partial charge in [-0.2, -0.15) is 0 Å². The molecule has 1 amide bonds. The van der Waals surface area contributed by atoms with Crippen molar-refractivity contribution in [1.29, 1.82) is 0 Å². The molecule has 6 heteroatoms. The quantitative estimate of drug-likeness (QED) is 0.363. The van der Waals surface area contributed by atoms with E-state index in [9.17, 15) is 19.5 Å². The SMILES string of the molecule is CCC(CC)(c1ccc(C(=O)C(C)C(C)(O)C(C)(C)C)c(C)c1)c1ccc(C(=O)N(C)CC(=O)O)c(C)c1. The number of ketones is 1. The number of amides is 1. The van der Waals surface area contributed by atoms with Gasteiger partial charge < -0.3 is 15.1 Å². The third kappa shape index (κ3) is 5.85. The Balaban J connectivity index is 2.51. The average molecular weight is 524 g/mol. The number of rotatable bonds is 10. The molecular weight excluding hydrogens is 478 g/mol. The van der Waals surface area contributed by atoms with Crippen molar-refractivity contribution in [2.24, 2.45) is 11.3 Å². The molecule has 0 spiro atoms. The van der Waals surface area contributed by atoms with Crippen LogP contribution in [0.15, 0.2) is 36.4 Å². The van der Waals surface area contributed by atoms with Gasteiger partial charge in [0.05, 0.1) is 5.60 Å². The van der Waals surface area contributed by atoms with E-state index >= 15 is 0 Å². The summed E-state index contributed by atoms with van der Waals surface area (Å²) < 4.78 is 0. The van der Waals surface area contributed by atoms with Crippen molar-refractivity contribution in [3.05, 3.63) is 69.8 Å². The Morgan fingerprint density at radius 2 is 1.32 bits per heavy atom. The molecule has 2 N–H and O–H groups in total. The number of aliphatic hydroxyl groups is 1. The summed E-state index contributed by atoms with van der Waals surface area (Å²) in [6.07, 6.45) is 1.63. The summed E-state index contributed by atoms with van der Waals surface area (Å²) in [6.45, 7) is 17.1. The van der Waals surface area contributed by atoms with E-state index in [-0.39, 0.29) is 23.7 Å². The summed E-state index contributed by atoms with van der Waals surface area (Å²) in [7, 11) is 1.49. The molecule has 0 aliphatic rings. The van der Waals surface area contributed by atoms with Crippen molar-refractivity contribution >= 4 is 17.7 Å². The number of aliphatic carboxylic acids is 1. The number of likely N-dealkylation sites (N-methyl/N-ethyl adjacent to an activating group) is 1. The fourth-order valence-electron chi connectivity index (χ4n) is 5.29. The van der Waals surface area contributed by atoms with Crippen molar-refractivity contribution in [3.63, 3.8) is 0 Å². The fraction of sp³-hybridized carbons (Fsp3) is 0.531. The van der Waals surface area contributed by atoms with Gasteiger partial charge >= 0.3 is 5.97 Å². The topological polar surface area (TPSA) is 94.9 Å². The molecule has 0 aliphatic carbocycles. The predicted octanol–water partition coefficient (Wildman–Crippen LogP) is 6.18. The van der Waals surface area contributed by atoms with Gasteiger partial charge in [-0.05, 0) is 67.3 Å². The molecule has 0 radical (unpaired) electrons. The molecule has 0 heterocycles. The maximum absolute atomic E-state index is 13.5. The van der Waals surface area contributed by atoms with Crippen LogP contribution in [0.2, 0.25) is 0 Å². The first-order chi connectivity index (χ1) is 17.4. The zero-order chi connectivity index (χ0) is 29.2. The van der Waals surface area contributed by atoms with Crippen LogP contribution in [0, 0.1) is 25.2 Å². The Bertz CT molecular complexity index is 1200. The van der Waals surface area contributed by atoms with E-state index in [4.69, 9.17) is 5.11 Å². The first-order valence-electron chi connectivity index (χ1n) is 13.4. The van der Waals surface area contributed by atoms with Crippen molar-refractivity contribution in [2.75, 3.05) is 13.6 Å². The molecule has 0 bridgehead atoms. The minimum Gasteiger partial charge on any atom is -0.480 e. The number of carboxylic acid groups (broad SMARTS) is 1. The second-order valence-electron chi connectivity index (χ2n) is 11.9. The molecule has 208 valence electrons. The first-order valence-corrected chi connectivity index (χ1v) is 13.4. The predicted molar refractivity (Wildman–Crippen MR) is 152 cm³/mol. The molecule has 2 aromatic carbocycles. The lowest BCUT2D eigenvalue weighted by molar-refractivity contribution is -0.137. The zero-order valence-electron chi connectivity index (χ0n) is 24.7. The van der Waals surface area contributed by atoms with Crippen LogP contribution in [0.3, 0.4) is 0 Å². The van der Waals surface area contributed by atoms with Gasteiger partial charge in [0.15, 0.2) is 5.78 Å². The van der Waals surface area contributed by atoms with Gasteiger partial charge in [-0.3, -0.25) is 14.4 Å². The maximum Gasteiger partial charge on any atom is 0.323 e. The van der Waals surface area contributed by atoms with Crippen LogP contribution >= 0.6 is 0 Å². The number of carboxylic acids is 1. The number of carbonyl (C=O) groups excluding carboxylic acids is 2. The van der Waals surface area contributed by atoms with Gasteiger partial charge in [0.1, 0.15) is 6.54 Å². The molecule has 38 heavy (non-hydrogen) atoms. The number of carbonyl (C=O) groups is 3. The van der Waals surface area contributed by atoms with E-state index < -0.39 is 22.9 Å². The van der Waals surface area contributed by atoms with E-state index in [1.54, 1.807) is 19.9 Å². The zero-order valence-corrected chi connectivity index (χ0v) is 24.7. The van der Waals surface area contributed by atoms with E-state index in [1.807, 2.05) is 58.9 Å². The molecule has 0 aliphatic heterocycles. The summed E-state index contributed by atoms with van der Waals surface area (Å²) in [5.74, 6) is -2.02. The number of benzene rings is 2. The maximum atomic E-state index is 13.5. The molecule has 0 saturated heterocycles. The van der Waals surface area contributed by atoms with Crippen LogP contribution in [-0.4, -0.2) is 52.0 Å². The summed E-state index contributed by atoms with van der Waals surface area (Å²) in [5.41, 5.74) is 2.97. The lowest BCUT2D eigenvalue weighted by atomic mass is 9.67. The Morgan fingerprint density at radius 3 is 1.68 bits per heavy atom. The fourth-order valence-corrected chi connectivity index (χ4v) is 5.29. The van der Waals surface area contributed by atoms with Crippen molar-refractivity contribution in [3.8, 4) is 0 Å². The van der Waals surface area contributed by atoms with Gasteiger partial charge in [-0.15, -0.1) is 0 Å². The minimum absolute atomic E-state index is 0.0724. The minimum atomic E-state index is -1.17. The highest BCUT2D eigenvalue weighted by molar-refractivity contribution is 6.00. The third-order valence-corrected chi connectivity index (χ3v) is 8.73. The van der Waals surface area contributed by atoms with E-state index in [0.717, 1.165) is 35.1 Å². The second kappa shape index (κ2) is 11.4. The molecular formula is C32H45NO5. The number of Topliss-reactive ketones (excluding diaryl/α,β-unsaturated/α-hetero) is 1. The number of aryl methyl sites for hydroxylation is 2. The van der Waals surface area contributed by atoms with Crippen LogP contribution in [0.25, 0.3) is 0 Å². The van der Waals surface area contributed by atoms with Crippen molar-refractivity contribution < 1.29 is 24.6 Å². The summed E-state index contributed by atoms with van der Waals surface area (Å²) in [4.78, 5) is 38.5. The molecule has 2 unspecified atom stereocenters.